The van der Waals surface area contributed by atoms with Crippen molar-refractivity contribution in [2.45, 2.75) is 58.0 Å². The Morgan fingerprint density at radius 2 is 2.05 bits per heavy atom. The van der Waals surface area contributed by atoms with Crippen molar-refractivity contribution in [3.05, 3.63) is 0 Å². The van der Waals surface area contributed by atoms with Gasteiger partial charge in [-0.05, 0) is 40.7 Å². The van der Waals surface area contributed by atoms with Crippen LogP contribution in [0.25, 0.3) is 0 Å². The van der Waals surface area contributed by atoms with Crippen LogP contribution in [-0.4, -0.2) is 60.6 Å². The average Bonchev–Trinajstić information content (AvgIpc) is 2.37. The van der Waals surface area contributed by atoms with E-state index in [0.29, 0.717) is 11.8 Å². The van der Waals surface area contributed by atoms with Gasteiger partial charge in [0.15, 0.2) is 9.84 Å². The van der Waals surface area contributed by atoms with Gasteiger partial charge in [0, 0.05) is 35.4 Å². The monoisotopic (exact) mass is 322 g/mol. The van der Waals surface area contributed by atoms with Gasteiger partial charge in [-0.3, -0.25) is 4.90 Å². The molecule has 0 radical (unpaired) electrons. The topological polar surface area (TPSA) is 49.4 Å². The molecule has 0 bridgehead atoms. The third-order valence-corrected chi connectivity index (χ3v) is 7.03. The van der Waals surface area contributed by atoms with Crippen LogP contribution >= 0.6 is 11.8 Å². The fourth-order valence-electron chi connectivity index (χ4n) is 2.42. The molecule has 1 heterocycles. The van der Waals surface area contributed by atoms with E-state index in [2.05, 4.69) is 37.9 Å². The first-order valence-electron chi connectivity index (χ1n) is 7.47. The van der Waals surface area contributed by atoms with Gasteiger partial charge in [0.1, 0.15) is 5.37 Å². The van der Waals surface area contributed by atoms with Gasteiger partial charge in [-0.15, -0.1) is 0 Å². The molecule has 0 aliphatic carbocycles. The zero-order chi connectivity index (χ0) is 15.4. The van der Waals surface area contributed by atoms with Crippen molar-refractivity contribution in [3.63, 3.8) is 0 Å². The van der Waals surface area contributed by atoms with E-state index in [1.807, 2.05) is 0 Å². The number of thioether (sulfide) groups is 1. The molecule has 0 aromatic heterocycles. The first kappa shape index (κ1) is 18.3. The van der Waals surface area contributed by atoms with Crippen LogP contribution in [0, 0.1) is 0 Å². The normalized spacial score (nSPS) is 23.8. The maximum absolute atomic E-state index is 12.2. The van der Waals surface area contributed by atoms with Gasteiger partial charge in [-0.25, -0.2) is 8.42 Å². The van der Waals surface area contributed by atoms with Crippen molar-refractivity contribution in [2.24, 2.45) is 0 Å². The fraction of sp³-hybridized carbons (Fsp3) is 1.00. The van der Waals surface area contributed by atoms with E-state index >= 15 is 0 Å². The minimum atomic E-state index is -2.98. The predicted molar refractivity (Wildman–Crippen MR) is 89.1 cm³/mol. The SMILES string of the molecule is CCS(=O)(=O)C1CSCCN1C(C)CCNC(C)(C)C. The number of rotatable bonds is 6. The lowest BCUT2D eigenvalue weighted by atomic mass is 10.1. The Kier molecular flexibility index (Phi) is 6.83. The molecule has 1 rings (SSSR count). The van der Waals surface area contributed by atoms with Crippen LogP contribution in [0.4, 0.5) is 0 Å². The standard InChI is InChI=1S/C14H30N2O2S2/c1-6-20(17,18)13-11-19-10-9-16(13)12(2)7-8-15-14(3,4)5/h12-13,15H,6-11H2,1-5H3. The third-order valence-electron chi connectivity index (χ3n) is 3.72. The highest BCUT2D eigenvalue weighted by molar-refractivity contribution is 8.01. The molecule has 120 valence electrons. The fourth-order valence-corrected chi connectivity index (χ4v) is 5.55. The van der Waals surface area contributed by atoms with Crippen molar-refractivity contribution in [2.75, 3.05) is 30.3 Å². The Labute approximate surface area is 129 Å². The number of hydrogen-bond donors (Lipinski definition) is 1. The zero-order valence-corrected chi connectivity index (χ0v) is 15.1. The van der Waals surface area contributed by atoms with Gasteiger partial charge in [-0.1, -0.05) is 6.92 Å². The molecule has 0 aromatic rings. The maximum atomic E-state index is 12.2. The molecule has 1 fully saturated rings. The first-order chi connectivity index (χ1) is 9.17. The summed E-state index contributed by atoms with van der Waals surface area (Å²) in [5, 5.41) is 3.18. The summed E-state index contributed by atoms with van der Waals surface area (Å²) in [5.74, 6) is 1.99. The Hall–Kier alpha value is 0.220. The quantitative estimate of drug-likeness (QED) is 0.810. The van der Waals surface area contributed by atoms with Gasteiger partial charge in [0.05, 0.1) is 0 Å². The summed E-state index contributed by atoms with van der Waals surface area (Å²) in [6, 6.07) is 0.303. The second kappa shape index (κ2) is 7.47. The summed E-state index contributed by atoms with van der Waals surface area (Å²) in [6.45, 7) is 12.2. The largest absolute Gasteiger partial charge is 0.312 e. The molecule has 20 heavy (non-hydrogen) atoms. The molecule has 1 saturated heterocycles. The van der Waals surface area contributed by atoms with E-state index in [-0.39, 0.29) is 16.7 Å². The lowest BCUT2D eigenvalue weighted by Gasteiger charge is -2.39. The number of nitrogens with zero attached hydrogens (tertiary/aromatic N) is 1. The Balaban J connectivity index is 2.61. The van der Waals surface area contributed by atoms with Gasteiger partial charge in [0.2, 0.25) is 0 Å². The van der Waals surface area contributed by atoms with Crippen LogP contribution in [0.15, 0.2) is 0 Å². The smallest absolute Gasteiger partial charge is 0.166 e. The van der Waals surface area contributed by atoms with Crippen LogP contribution in [0.5, 0.6) is 0 Å². The summed E-state index contributed by atoms with van der Waals surface area (Å²) in [6.07, 6.45) is 0.984. The molecular weight excluding hydrogens is 292 g/mol. The third kappa shape index (κ3) is 5.54. The summed E-state index contributed by atoms with van der Waals surface area (Å²) < 4.78 is 24.5. The van der Waals surface area contributed by atoms with Crippen LogP contribution in [0.1, 0.15) is 41.0 Å². The Bertz CT molecular complexity index is 390. The summed E-state index contributed by atoms with van der Waals surface area (Å²) in [7, 11) is -2.98. The molecule has 1 aliphatic heterocycles. The molecule has 2 unspecified atom stereocenters. The molecule has 1 aliphatic rings. The van der Waals surface area contributed by atoms with Crippen LogP contribution in [0.2, 0.25) is 0 Å². The number of sulfone groups is 1. The van der Waals surface area contributed by atoms with E-state index < -0.39 is 9.84 Å². The average molecular weight is 323 g/mol. The molecule has 0 spiro atoms. The van der Waals surface area contributed by atoms with Gasteiger partial charge in [0.25, 0.3) is 0 Å². The van der Waals surface area contributed by atoms with E-state index in [1.54, 1.807) is 18.7 Å². The highest BCUT2D eigenvalue weighted by atomic mass is 32.2. The van der Waals surface area contributed by atoms with Gasteiger partial charge in [-0.2, -0.15) is 11.8 Å². The van der Waals surface area contributed by atoms with Gasteiger partial charge >= 0.3 is 0 Å². The van der Waals surface area contributed by atoms with Crippen molar-refractivity contribution in [1.29, 1.82) is 0 Å². The minimum absolute atomic E-state index is 0.117. The number of nitrogens with one attached hydrogen (secondary N) is 1. The molecule has 1 N–H and O–H groups in total. The minimum Gasteiger partial charge on any atom is -0.312 e. The molecule has 0 amide bonds. The summed E-state index contributed by atoms with van der Waals surface area (Å²) in [5.41, 5.74) is 0.117. The first-order valence-corrected chi connectivity index (χ1v) is 10.3. The van der Waals surface area contributed by atoms with Crippen LogP contribution in [0.3, 0.4) is 0 Å². The lowest BCUT2D eigenvalue weighted by Crippen LogP contribution is -2.52. The Morgan fingerprint density at radius 1 is 1.40 bits per heavy atom. The second-order valence-electron chi connectivity index (χ2n) is 6.53. The van der Waals surface area contributed by atoms with Crippen LogP contribution in [-0.2, 0) is 9.84 Å². The highest BCUT2D eigenvalue weighted by Gasteiger charge is 2.35. The summed E-state index contributed by atoms with van der Waals surface area (Å²) in [4.78, 5) is 2.19. The van der Waals surface area contributed by atoms with Gasteiger partial charge < -0.3 is 5.32 Å². The lowest BCUT2D eigenvalue weighted by molar-refractivity contribution is 0.191. The van der Waals surface area contributed by atoms with Crippen molar-refractivity contribution in [3.8, 4) is 0 Å². The zero-order valence-electron chi connectivity index (χ0n) is 13.5. The molecule has 0 aromatic carbocycles. The van der Waals surface area contributed by atoms with Crippen molar-refractivity contribution >= 4 is 21.6 Å². The highest BCUT2D eigenvalue weighted by Crippen LogP contribution is 2.24. The van der Waals surface area contributed by atoms with E-state index in [9.17, 15) is 8.42 Å². The van der Waals surface area contributed by atoms with E-state index in [1.165, 1.54) is 0 Å². The summed E-state index contributed by atoms with van der Waals surface area (Å²) >= 11 is 1.76. The van der Waals surface area contributed by atoms with E-state index in [0.717, 1.165) is 25.3 Å². The molecule has 6 heteroatoms. The molecule has 4 nitrogen and oxygen atoms in total. The van der Waals surface area contributed by atoms with Crippen LogP contribution < -0.4 is 5.32 Å². The molecule has 2 atom stereocenters. The predicted octanol–water partition coefficient (Wildman–Crippen LogP) is 1.96. The molecule has 0 saturated carbocycles. The molecular formula is C14H30N2O2S2. The van der Waals surface area contributed by atoms with E-state index in [4.69, 9.17) is 0 Å². The number of hydrogen-bond acceptors (Lipinski definition) is 5. The van der Waals surface area contributed by atoms with Crippen molar-refractivity contribution < 1.29 is 8.42 Å². The van der Waals surface area contributed by atoms with Crippen molar-refractivity contribution in [1.82, 2.24) is 10.2 Å². The second-order valence-corrected chi connectivity index (χ2v) is 10.1. The Morgan fingerprint density at radius 3 is 2.60 bits per heavy atom. The maximum Gasteiger partial charge on any atom is 0.166 e.